The molecule has 1 aliphatic rings. The van der Waals surface area contributed by atoms with Crippen LogP contribution in [-0.4, -0.2) is 30.1 Å². The van der Waals surface area contributed by atoms with Crippen LogP contribution in [0.3, 0.4) is 0 Å². The first-order chi connectivity index (χ1) is 13.3. The van der Waals surface area contributed by atoms with Crippen LogP contribution in [0.5, 0.6) is 11.5 Å². The second-order valence-electron chi connectivity index (χ2n) is 5.64. The maximum absolute atomic E-state index is 11.9. The molecule has 0 bridgehead atoms. The number of ether oxygens (including phenoxy) is 2. The lowest BCUT2D eigenvalue weighted by molar-refractivity contribution is -0.720. The number of aromatic amines is 1. The third-order valence-corrected chi connectivity index (χ3v) is 4.38. The van der Waals surface area contributed by atoms with E-state index in [-0.39, 0.29) is 23.6 Å². The van der Waals surface area contributed by atoms with Crippen molar-refractivity contribution in [1.29, 1.82) is 0 Å². The van der Waals surface area contributed by atoms with Crippen molar-refractivity contribution in [3.8, 4) is 11.5 Å². The number of methoxy groups -OCH3 is 1. The maximum atomic E-state index is 11.9. The summed E-state index contributed by atoms with van der Waals surface area (Å²) in [5.74, 6) is -1.03. The van der Waals surface area contributed by atoms with Gasteiger partial charge in [-0.15, -0.1) is 0 Å². The van der Waals surface area contributed by atoms with Gasteiger partial charge < -0.3 is 9.47 Å². The Morgan fingerprint density at radius 3 is 2.46 bits per heavy atom. The van der Waals surface area contributed by atoms with Gasteiger partial charge in [0, 0.05) is 6.92 Å². The molecule has 1 aromatic carbocycles. The zero-order valence-corrected chi connectivity index (χ0v) is 16.2. The monoisotopic (exact) mass is 453 g/mol. The molecule has 0 saturated carbocycles. The fourth-order valence-electron chi connectivity index (χ4n) is 2.40. The number of amides is 4. The minimum absolute atomic E-state index is 0.0926. The average Bonchev–Trinajstić information content (AvgIpc) is 2.95. The van der Waals surface area contributed by atoms with Gasteiger partial charge in [-0.1, -0.05) is 9.79 Å². The number of hydrogen-bond acceptors (Lipinski definition) is 7. The van der Waals surface area contributed by atoms with Crippen LogP contribution < -0.4 is 24.7 Å². The van der Waals surface area contributed by atoms with Crippen LogP contribution >= 0.6 is 15.9 Å². The van der Waals surface area contributed by atoms with Crippen molar-refractivity contribution in [2.75, 3.05) is 7.11 Å². The first-order valence-corrected chi connectivity index (χ1v) is 8.58. The molecule has 3 N–H and O–H groups in total. The molecule has 28 heavy (non-hydrogen) atoms. The Kier molecular flexibility index (Phi) is 5.31. The first-order valence-electron chi connectivity index (χ1n) is 7.79. The number of halogens is 1. The van der Waals surface area contributed by atoms with Crippen molar-refractivity contribution >= 4 is 39.9 Å². The first kappa shape index (κ1) is 19.4. The summed E-state index contributed by atoms with van der Waals surface area (Å²) in [6.07, 6.45) is 1.30. The number of aryl methyl sites for hydroxylation is 1. The fraction of sp³-hybridized carbons (Fsp3) is 0.188. The maximum Gasteiger partial charge on any atom is 0.328 e. The van der Waals surface area contributed by atoms with Crippen molar-refractivity contribution in [1.82, 2.24) is 15.8 Å². The van der Waals surface area contributed by atoms with Gasteiger partial charge in [-0.05, 0) is 44.6 Å². The molecular formula is C16H14BrN4O7+. The second-order valence-corrected chi connectivity index (χ2v) is 6.49. The molecule has 12 heteroatoms. The summed E-state index contributed by atoms with van der Waals surface area (Å²) in [7, 11) is 1.41. The lowest BCUT2D eigenvalue weighted by Gasteiger charge is -2.15. The molecule has 0 atom stereocenters. The summed E-state index contributed by atoms with van der Waals surface area (Å²) in [6, 6.07) is 2.24. The van der Waals surface area contributed by atoms with E-state index in [4.69, 9.17) is 9.47 Å². The molecule has 3 rings (SSSR count). The smallest absolute Gasteiger partial charge is 0.328 e. The number of aromatic nitrogens is 2. The summed E-state index contributed by atoms with van der Waals surface area (Å²) in [5, 5.41) is 6.41. The van der Waals surface area contributed by atoms with Gasteiger partial charge in [-0.3, -0.25) is 20.2 Å². The van der Waals surface area contributed by atoms with Crippen molar-refractivity contribution in [2.45, 2.75) is 13.5 Å². The Labute approximate surface area is 165 Å². The van der Waals surface area contributed by atoms with Gasteiger partial charge in [0.1, 0.15) is 5.57 Å². The predicted octanol–water partition coefficient (Wildman–Crippen LogP) is 0.930. The number of imide groups is 2. The quantitative estimate of drug-likeness (QED) is 0.450. The molecule has 146 valence electrons. The van der Waals surface area contributed by atoms with Gasteiger partial charge >= 0.3 is 6.03 Å². The largest absolute Gasteiger partial charge is 0.493 e. The Morgan fingerprint density at radius 2 is 1.89 bits per heavy atom. The van der Waals surface area contributed by atoms with E-state index >= 15 is 0 Å². The van der Waals surface area contributed by atoms with Gasteiger partial charge in [0.2, 0.25) is 0 Å². The van der Waals surface area contributed by atoms with Crippen molar-refractivity contribution in [3.63, 3.8) is 0 Å². The van der Waals surface area contributed by atoms with Gasteiger partial charge in [0.25, 0.3) is 17.5 Å². The van der Waals surface area contributed by atoms with Crippen molar-refractivity contribution in [3.05, 3.63) is 44.0 Å². The summed E-state index contributed by atoms with van der Waals surface area (Å²) >= 11 is 3.34. The topological polar surface area (TPSA) is 146 Å². The predicted molar refractivity (Wildman–Crippen MR) is 95.8 cm³/mol. The number of nitrogens with zero attached hydrogens (tertiary/aromatic N) is 1. The number of rotatable bonds is 5. The number of carbonyl (C=O) groups excluding carboxylic acids is 3. The molecule has 0 unspecified atom stereocenters. The molecule has 0 radical (unpaired) electrons. The molecule has 2 aromatic rings. The van der Waals surface area contributed by atoms with Crippen LogP contribution in [0.4, 0.5) is 4.79 Å². The van der Waals surface area contributed by atoms with E-state index in [0.717, 1.165) is 0 Å². The highest BCUT2D eigenvalue weighted by atomic mass is 79.9. The highest BCUT2D eigenvalue weighted by Crippen LogP contribution is 2.37. The summed E-state index contributed by atoms with van der Waals surface area (Å²) in [5.41, 5.74) is 0.965. The minimum Gasteiger partial charge on any atom is -0.493 e. The standard InChI is InChI=1S/C16H13BrN4O7/c1-7-11(21(25)28-20-7)6-27-13-10(17)4-8(5-12(13)26-2)3-9-14(22)18-16(24)19-15(9)23/h3-5H,6H2,1-2H3,(H2-,18,19,20,22,23,24,25)/p+1. The Bertz CT molecular complexity index is 1050. The SMILES string of the molecule is COc1cc(C=C2C(=O)NC(=O)NC2=O)cc(Br)c1OCc1c(C)[nH]o[n+]1=O. The lowest BCUT2D eigenvalue weighted by Crippen LogP contribution is -2.51. The van der Waals surface area contributed by atoms with Crippen LogP contribution in [0.25, 0.3) is 6.08 Å². The van der Waals surface area contributed by atoms with Gasteiger partial charge in [0.15, 0.2) is 28.4 Å². The summed E-state index contributed by atoms with van der Waals surface area (Å²) < 4.78 is 16.3. The second kappa shape index (κ2) is 7.68. The zero-order chi connectivity index (χ0) is 20.4. The number of benzene rings is 1. The summed E-state index contributed by atoms with van der Waals surface area (Å²) in [6.45, 7) is 1.56. The Morgan fingerprint density at radius 1 is 1.21 bits per heavy atom. The molecule has 1 fully saturated rings. The third-order valence-electron chi connectivity index (χ3n) is 3.79. The van der Waals surface area contributed by atoms with Crippen LogP contribution in [0.15, 0.2) is 26.8 Å². The molecule has 2 heterocycles. The van der Waals surface area contributed by atoms with Gasteiger partial charge in [-0.2, -0.15) is 0 Å². The van der Waals surface area contributed by atoms with E-state index < -0.39 is 17.8 Å². The van der Waals surface area contributed by atoms with Crippen molar-refractivity contribution < 1.29 is 33.1 Å². The third kappa shape index (κ3) is 3.81. The van der Waals surface area contributed by atoms with Gasteiger partial charge in [0.05, 0.1) is 11.6 Å². The highest BCUT2D eigenvalue weighted by molar-refractivity contribution is 9.10. The molecule has 1 saturated heterocycles. The van der Waals surface area contributed by atoms with E-state index in [1.165, 1.54) is 19.3 Å². The molecule has 1 aliphatic heterocycles. The average molecular weight is 454 g/mol. The molecule has 0 aliphatic carbocycles. The minimum atomic E-state index is -0.878. The number of hydrogen-bond donors (Lipinski definition) is 3. The summed E-state index contributed by atoms with van der Waals surface area (Å²) in [4.78, 5) is 46.4. The fourth-order valence-corrected chi connectivity index (χ4v) is 2.97. The molecular weight excluding hydrogens is 440 g/mol. The van der Waals surface area contributed by atoms with Crippen LogP contribution in [0.1, 0.15) is 17.0 Å². The van der Waals surface area contributed by atoms with E-state index in [2.05, 4.69) is 25.7 Å². The van der Waals surface area contributed by atoms with Gasteiger partial charge in [-0.25, -0.2) is 4.79 Å². The van der Waals surface area contributed by atoms with E-state index in [0.29, 0.717) is 26.1 Å². The van der Waals surface area contributed by atoms with E-state index in [1.54, 1.807) is 13.0 Å². The van der Waals surface area contributed by atoms with Crippen LogP contribution in [0.2, 0.25) is 0 Å². The number of urea groups is 1. The highest BCUT2D eigenvalue weighted by Gasteiger charge is 2.28. The van der Waals surface area contributed by atoms with E-state index in [9.17, 15) is 19.3 Å². The molecule has 4 amide bonds. The normalized spacial score (nSPS) is 13.8. The van der Waals surface area contributed by atoms with Crippen molar-refractivity contribution in [2.24, 2.45) is 0 Å². The number of barbiturate groups is 1. The number of carbonyl (C=O) groups is 3. The molecule has 11 nitrogen and oxygen atoms in total. The molecule has 1 aromatic heterocycles. The lowest BCUT2D eigenvalue weighted by atomic mass is 10.1. The van der Waals surface area contributed by atoms with Crippen LogP contribution in [-0.2, 0) is 16.2 Å². The zero-order valence-electron chi connectivity index (χ0n) is 14.6. The number of nitrogens with one attached hydrogen (secondary N) is 3. The van der Waals surface area contributed by atoms with Crippen LogP contribution in [0, 0.1) is 11.8 Å². The Balaban J connectivity index is 1.90. The number of H-pyrrole nitrogens is 1. The van der Waals surface area contributed by atoms with E-state index in [1.807, 2.05) is 10.6 Å². The molecule has 0 spiro atoms. The Hall–Kier alpha value is -3.41.